The standard InChI is InChI=1S/C27H25N3O6/c1-18(31)34-15-8-16-35-21-12-6-9-19(17-21)23-22-13-7-14-28-25(22)30(2)26(32)24(23)29-27(33)36-20-10-4-3-5-11-20/h3-7,9-14,17H,8,15-16H2,1-2H3,(H,29,33). The first-order valence-corrected chi connectivity index (χ1v) is 11.3. The fraction of sp³-hybridized carbons (Fsp3) is 0.185. The highest BCUT2D eigenvalue weighted by molar-refractivity contribution is 6.03. The Labute approximate surface area is 207 Å². The molecule has 1 N–H and O–H groups in total. The monoisotopic (exact) mass is 487 g/mol. The van der Waals surface area contributed by atoms with E-state index in [1.807, 2.05) is 12.1 Å². The molecular formula is C27H25N3O6. The summed E-state index contributed by atoms with van der Waals surface area (Å²) in [7, 11) is 1.60. The Morgan fingerprint density at radius 1 is 0.972 bits per heavy atom. The number of ether oxygens (including phenoxy) is 3. The van der Waals surface area contributed by atoms with Crippen LogP contribution < -0.4 is 20.3 Å². The number of aromatic nitrogens is 2. The van der Waals surface area contributed by atoms with Crippen LogP contribution in [0, 0.1) is 0 Å². The summed E-state index contributed by atoms with van der Waals surface area (Å²) < 4.78 is 17.5. The number of hydrogen-bond donors (Lipinski definition) is 1. The van der Waals surface area contributed by atoms with E-state index in [0.29, 0.717) is 46.7 Å². The molecule has 0 aliphatic carbocycles. The van der Waals surface area contributed by atoms with Crippen LogP contribution in [-0.4, -0.2) is 34.8 Å². The second-order valence-corrected chi connectivity index (χ2v) is 7.89. The van der Waals surface area contributed by atoms with Gasteiger partial charge in [0.05, 0.1) is 13.2 Å². The van der Waals surface area contributed by atoms with Crippen LogP contribution in [0.5, 0.6) is 11.5 Å². The highest BCUT2D eigenvalue weighted by atomic mass is 16.6. The zero-order chi connectivity index (χ0) is 25.5. The minimum absolute atomic E-state index is 0.0611. The summed E-state index contributed by atoms with van der Waals surface area (Å²) in [6, 6.07) is 19.3. The molecule has 36 heavy (non-hydrogen) atoms. The van der Waals surface area contributed by atoms with Gasteiger partial charge >= 0.3 is 12.1 Å². The maximum atomic E-state index is 13.3. The normalized spacial score (nSPS) is 10.6. The van der Waals surface area contributed by atoms with Gasteiger partial charge in [0.1, 0.15) is 22.8 Å². The third kappa shape index (κ3) is 5.69. The average Bonchev–Trinajstić information content (AvgIpc) is 2.87. The fourth-order valence-corrected chi connectivity index (χ4v) is 3.71. The molecule has 0 saturated carbocycles. The van der Waals surface area contributed by atoms with Crippen LogP contribution in [0.4, 0.5) is 10.5 Å². The van der Waals surface area contributed by atoms with Gasteiger partial charge in [-0.2, -0.15) is 0 Å². The first-order valence-electron chi connectivity index (χ1n) is 11.3. The van der Waals surface area contributed by atoms with Crippen molar-refractivity contribution in [2.24, 2.45) is 7.05 Å². The highest BCUT2D eigenvalue weighted by Crippen LogP contribution is 2.34. The Morgan fingerprint density at radius 2 is 1.75 bits per heavy atom. The molecule has 0 bridgehead atoms. The first kappa shape index (κ1) is 24.5. The maximum absolute atomic E-state index is 13.3. The van der Waals surface area contributed by atoms with Gasteiger partial charge in [0, 0.05) is 37.5 Å². The van der Waals surface area contributed by atoms with Crippen molar-refractivity contribution in [3.8, 4) is 22.6 Å². The first-order chi connectivity index (χ1) is 17.4. The van der Waals surface area contributed by atoms with Crippen molar-refractivity contribution in [2.45, 2.75) is 13.3 Å². The Morgan fingerprint density at radius 3 is 2.53 bits per heavy atom. The van der Waals surface area contributed by atoms with Crippen molar-refractivity contribution in [1.82, 2.24) is 9.55 Å². The van der Waals surface area contributed by atoms with Gasteiger partial charge in [0.2, 0.25) is 0 Å². The summed E-state index contributed by atoms with van der Waals surface area (Å²) in [4.78, 5) is 41.3. The lowest BCUT2D eigenvalue weighted by Crippen LogP contribution is -2.27. The van der Waals surface area contributed by atoms with E-state index in [4.69, 9.17) is 14.2 Å². The van der Waals surface area contributed by atoms with Gasteiger partial charge in [-0.1, -0.05) is 30.3 Å². The number of fused-ring (bicyclic) bond motifs is 1. The van der Waals surface area contributed by atoms with Crippen molar-refractivity contribution in [3.05, 3.63) is 83.3 Å². The predicted octanol–water partition coefficient (Wildman–Crippen LogP) is 4.54. The lowest BCUT2D eigenvalue weighted by molar-refractivity contribution is -0.141. The number of amides is 1. The van der Waals surface area contributed by atoms with Crippen molar-refractivity contribution >= 4 is 28.8 Å². The van der Waals surface area contributed by atoms with Gasteiger partial charge in [-0.25, -0.2) is 9.78 Å². The fourth-order valence-electron chi connectivity index (χ4n) is 3.71. The largest absolute Gasteiger partial charge is 0.493 e. The van der Waals surface area contributed by atoms with Gasteiger partial charge in [-0.15, -0.1) is 0 Å². The topological polar surface area (TPSA) is 109 Å². The number of esters is 1. The van der Waals surface area contributed by atoms with Crippen LogP contribution in [0.25, 0.3) is 22.2 Å². The number of nitrogens with zero attached hydrogens (tertiary/aromatic N) is 2. The highest BCUT2D eigenvalue weighted by Gasteiger charge is 2.20. The van der Waals surface area contributed by atoms with Crippen LogP contribution in [0.3, 0.4) is 0 Å². The van der Waals surface area contributed by atoms with Gasteiger partial charge in [-0.3, -0.25) is 19.5 Å². The Kier molecular flexibility index (Phi) is 7.60. The smallest absolute Gasteiger partial charge is 0.417 e. The SMILES string of the molecule is CC(=O)OCCCOc1cccc(-c2c(NC(=O)Oc3ccccc3)c(=O)n(C)c3ncccc23)c1. The summed E-state index contributed by atoms with van der Waals surface area (Å²) in [5, 5.41) is 3.31. The van der Waals surface area contributed by atoms with Crippen LogP contribution in [0.1, 0.15) is 13.3 Å². The van der Waals surface area contributed by atoms with Crippen molar-refractivity contribution < 1.29 is 23.8 Å². The van der Waals surface area contributed by atoms with Crippen molar-refractivity contribution in [1.29, 1.82) is 0 Å². The quantitative estimate of drug-likeness (QED) is 0.287. The second-order valence-electron chi connectivity index (χ2n) is 7.89. The third-order valence-corrected chi connectivity index (χ3v) is 5.31. The molecular weight excluding hydrogens is 462 g/mol. The molecule has 2 aromatic heterocycles. The van der Waals surface area contributed by atoms with E-state index in [1.54, 1.807) is 67.8 Å². The number of nitrogens with one attached hydrogen (secondary N) is 1. The number of carbonyl (C=O) groups excluding carboxylic acids is 2. The summed E-state index contributed by atoms with van der Waals surface area (Å²) in [5.41, 5.74) is 1.24. The summed E-state index contributed by atoms with van der Waals surface area (Å²) >= 11 is 0. The molecule has 0 unspecified atom stereocenters. The third-order valence-electron chi connectivity index (χ3n) is 5.31. The molecule has 0 aliphatic heterocycles. The van der Waals surface area contributed by atoms with Crippen LogP contribution >= 0.6 is 0 Å². The minimum Gasteiger partial charge on any atom is -0.493 e. The number of hydrogen-bond acceptors (Lipinski definition) is 7. The molecule has 0 fully saturated rings. The zero-order valence-electron chi connectivity index (χ0n) is 19.9. The number of anilines is 1. The maximum Gasteiger partial charge on any atom is 0.417 e. The molecule has 4 rings (SSSR count). The molecule has 0 atom stereocenters. The number of aryl methyl sites for hydroxylation is 1. The molecule has 2 aromatic carbocycles. The van der Waals surface area contributed by atoms with E-state index in [1.165, 1.54) is 11.5 Å². The molecule has 9 heteroatoms. The van der Waals surface area contributed by atoms with E-state index in [0.717, 1.165) is 0 Å². The lowest BCUT2D eigenvalue weighted by atomic mass is 10.00. The van der Waals surface area contributed by atoms with Crippen molar-refractivity contribution in [3.63, 3.8) is 0 Å². The van der Waals surface area contributed by atoms with Gasteiger partial charge in [0.25, 0.3) is 5.56 Å². The van der Waals surface area contributed by atoms with Crippen LogP contribution in [-0.2, 0) is 16.6 Å². The molecule has 0 radical (unpaired) electrons. The van der Waals surface area contributed by atoms with Gasteiger partial charge < -0.3 is 14.2 Å². The van der Waals surface area contributed by atoms with Gasteiger partial charge in [0.15, 0.2) is 0 Å². The molecule has 2 heterocycles. The van der Waals surface area contributed by atoms with Gasteiger partial charge in [-0.05, 0) is 42.0 Å². The van der Waals surface area contributed by atoms with E-state index in [-0.39, 0.29) is 18.3 Å². The second kappa shape index (κ2) is 11.2. The lowest BCUT2D eigenvalue weighted by Gasteiger charge is -2.17. The molecule has 9 nitrogen and oxygen atoms in total. The zero-order valence-corrected chi connectivity index (χ0v) is 19.9. The molecule has 0 saturated heterocycles. The van der Waals surface area contributed by atoms with E-state index >= 15 is 0 Å². The number of rotatable bonds is 8. The Balaban J connectivity index is 1.69. The number of benzene rings is 2. The summed E-state index contributed by atoms with van der Waals surface area (Å²) in [5.74, 6) is 0.569. The molecule has 4 aromatic rings. The number of carbonyl (C=O) groups is 2. The molecule has 0 aliphatic rings. The van der Waals surface area contributed by atoms with E-state index in [2.05, 4.69) is 10.3 Å². The molecule has 0 spiro atoms. The predicted molar refractivity (Wildman–Crippen MR) is 135 cm³/mol. The summed E-state index contributed by atoms with van der Waals surface area (Å²) in [6.45, 7) is 1.96. The van der Waals surface area contributed by atoms with E-state index < -0.39 is 11.7 Å². The summed E-state index contributed by atoms with van der Waals surface area (Å²) in [6.07, 6.45) is 1.34. The number of para-hydroxylation sites is 1. The van der Waals surface area contributed by atoms with Crippen LogP contribution in [0.15, 0.2) is 77.7 Å². The van der Waals surface area contributed by atoms with Crippen molar-refractivity contribution in [2.75, 3.05) is 18.5 Å². The number of pyridine rings is 2. The molecule has 184 valence electrons. The minimum atomic E-state index is -0.791. The Hall–Kier alpha value is -4.66. The molecule has 1 amide bonds. The Bertz CT molecular complexity index is 1450. The van der Waals surface area contributed by atoms with Crippen LogP contribution in [0.2, 0.25) is 0 Å². The average molecular weight is 488 g/mol. The van der Waals surface area contributed by atoms with E-state index in [9.17, 15) is 14.4 Å².